The summed E-state index contributed by atoms with van der Waals surface area (Å²) in [5.41, 5.74) is 3.93. The third-order valence-corrected chi connectivity index (χ3v) is 3.82. The summed E-state index contributed by atoms with van der Waals surface area (Å²) in [6.07, 6.45) is 2.65. The quantitative estimate of drug-likeness (QED) is 0.258. The lowest BCUT2D eigenvalue weighted by Gasteiger charge is -2.10. The predicted octanol–water partition coefficient (Wildman–Crippen LogP) is 3.96. The number of carbonyl (C=O) groups excluding carboxylic acids is 2. The van der Waals surface area contributed by atoms with E-state index in [0.717, 1.165) is 16.7 Å². The molecule has 6 nitrogen and oxygen atoms in total. The monoisotopic (exact) mass is 353 g/mol. The van der Waals surface area contributed by atoms with Crippen LogP contribution < -0.4 is 0 Å². The van der Waals surface area contributed by atoms with Crippen LogP contribution in [0.15, 0.2) is 42.5 Å². The highest BCUT2D eigenvalue weighted by molar-refractivity contribution is 6.01. The molecule has 0 saturated carbocycles. The van der Waals surface area contributed by atoms with Crippen molar-refractivity contribution in [3.8, 4) is 0 Å². The Morgan fingerprint density at radius 3 is 2.19 bits per heavy atom. The Kier molecular flexibility index (Phi) is 6.01. The molecule has 0 atom stereocenters. The number of ketones is 1. The van der Waals surface area contributed by atoms with Gasteiger partial charge >= 0.3 is 5.97 Å². The van der Waals surface area contributed by atoms with E-state index in [1.807, 2.05) is 32.9 Å². The van der Waals surface area contributed by atoms with E-state index < -0.39 is 10.9 Å². The van der Waals surface area contributed by atoms with Gasteiger partial charge in [-0.1, -0.05) is 17.7 Å². The Morgan fingerprint density at radius 2 is 1.65 bits per heavy atom. The number of esters is 1. The molecule has 0 radical (unpaired) electrons. The molecule has 134 valence electrons. The van der Waals surface area contributed by atoms with Crippen molar-refractivity contribution in [1.29, 1.82) is 0 Å². The molecular formula is C20H19NO5. The molecule has 0 aliphatic heterocycles. The molecule has 0 heterocycles. The molecule has 0 fully saturated rings. The van der Waals surface area contributed by atoms with Crippen LogP contribution in [0, 0.1) is 30.9 Å². The summed E-state index contributed by atoms with van der Waals surface area (Å²) in [5, 5.41) is 10.6. The van der Waals surface area contributed by atoms with Gasteiger partial charge in [-0.25, -0.2) is 4.79 Å². The number of aryl methyl sites for hydroxylation is 3. The topological polar surface area (TPSA) is 86.5 Å². The maximum Gasteiger partial charge on any atom is 0.331 e. The zero-order chi connectivity index (χ0) is 19.3. The van der Waals surface area contributed by atoms with Crippen molar-refractivity contribution < 1.29 is 19.2 Å². The van der Waals surface area contributed by atoms with Crippen LogP contribution in [-0.4, -0.2) is 23.3 Å². The van der Waals surface area contributed by atoms with Gasteiger partial charge in [-0.2, -0.15) is 0 Å². The standard InChI is InChI=1S/C20H19NO5/c1-13-10-14(2)20(15(3)11-13)18(22)12-26-19(23)9-6-16-4-7-17(8-5-16)21(24)25/h4-11H,12H2,1-3H3/b9-6+. The molecule has 2 aromatic carbocycles. The number of nitro groups is 1. The van der Waals surface area contributed by atoms with Crippen molar-refractivity contribution >= 4 is 23.5 Å². The highest BCUT2D eigenvalue weighted by Gasteiger charge is 2.14. The number of carbonyl (C=O) groups is 2. The summed E-state index contributed by atoms with van der Waals surface area (Å²) in [5.74, 6) is -0.906. The Morgan fingerprint density at radius 1 is 1.08 bits per heavy atom. The molecule has 0 aliphatic rings. The molecule has 0 spiro atoms. The largest absolute Gasteiger partial charge is 0.454 e. The second-order valence-electron chi connectivity index (χ2n) is 5.99. The van der Waals surface area contributed by atoms with Crippen molar-refractivity contribution in [2.45, 2.75) is 20.8 Å². The maximum atomic E-state index is 12.3. The zero-order valence-electron chi connectivity index (χ0n) is 14.8. The van der Waals surface area contributed by atoms with Gasteiger partial charge in [0.2, 0.25) is 5.78 Å². The summed E-state index contributed by atoms with van der Waals surface area (Å²) in [4.78, 5) is 34.2. The van der Waals surface area contributed by atoms with E-state index in [2.05, 4.69) is 0 Å². The summed E-state index contributed by atoms with van der Waals surface area (Å²) < 4.78 is 5.00. The summed E-state index contributed by atoms with van der Waals surface area (Å²) in [6, 6.07) is 9.56. The van der Waals surface area contributed by atoms with Crippen molar-refractivity contribution in [1.82, 2.24) is 0 Å². The number of hydrogen-bond donors (Lipinski definition) is 0. The van der Waals surface area contributed by atoms with E-state index in [-0.39, 0.29) is 18.1 Å². The third-order valence-electron chi connectivity index (χ3n) is 3.82. The first-order chi connectivity index (χ1) is 12.3. The van der Waals surface area contributed by atoms with Gasteiger partial charge in [-0.3, -0.25) is 14.9 Å². The lowest BCUT2D eigenvalue weighted by Crippen LogP contribution is -2.15. The van der Waals surface area contributed by atoms with E-state index in [0.29, 0.717) is 11.1 Å². The van der Waals surface area contributed by atoms with Crippen LogP contribution in [0.25, 0.3) is 6.08 Å². The van der Waals surface area contributed by atoms with E-state index in [1.165, 1.54) is 36.4 Å². The van der Waals surface area contributed by atoms with Crippen LogP contribution in [0.2, 0.25) is 0 Å². The minimum atomic E-state index is -0.654. The Bertz CT molecular complexity index is 859. The predicted molar refractivity (Wildman–Crippen MR) is 98.1 cm³/mol. The van der Waals surface area contributed by atoms with Gasteiger partial charge in [0, 0.05) is 23.8 Å². The molecule has 0 aromatic heterocycles. The molecule has 2 rings (SSSR count). The molecule has 0 amide bonds. The zero-order valence-corrected chi connectivity index (χ0v) is 14.8. The highest BCUT2D eigenvalue weighted by Crippen LogP contribution is 2.17. The van der Waals surface area contributed by atoms with Gasteiger partial charge in [-0.05, 0) is 55.7 Å². The number of non-ortho nitro benzene ring substituents is 1. The fourth-order valence-electron chi connectivity index (χ4n) is 2.75. The number of hydrogen-bond acceptors (Lipinski definition) is 5. The average molecular weight is 353 g/mol. The fraction of sp³-hybridized carbons (Fsp3) is 0.200. The number of ether oxygens (including phenoxy) is 1. The first kappa shape index (κ1) is 19.1. The molecule has 26 heavy (non-hydrogen) atoms. The minimum Gasteiger partial charge on any atom is -0.454 e. The molecular weight excluding hydrogens is 334 g/mol. The lowest BCUT2D eigenvalue weighted by atomic mass is 9.97. The molecule has 0 unspecified atom stereocenters. The van der Waals surface area contributed by atoms with Gasteiger partial charge in [0.1, 0.15) is 0 Å². The highest BCUT2D eigenvalue weighted by atomic mass is 16.6. The molecule has 6 heteroatoms. The number of Topliss-reactive ketones (excluding diaryl/α,β-unsaturated/α-hetero) is 1. The molecule has 2 aromatic rings. The van der Waals surface area contributed by atoms with E-state index in [1.54, 1.807) is 0 Å². The summed E-state index contributed by atoms with van der Waals surface area (Å²) in [6.45, 7) is 5.32. The smallest absolute Gasteiger partial charge is 0.331 e. The third kappa shape index (κ3) is 4.86. The second-order valence-corrected chi connectivity index (χ2v) is 5.99. The number of nitrogens with zero attached hydrogens (tertiary/aromatic N) is 1. The van der Waals surface area contributed by atoms with Crippen LogP contribution in [-0.2, 0) is 9.53 Å². The van der Waals surface area contributed by atoms with Crippen molar-refractivity contribution in [2.24, 2.45) is 0 Å². The van der Waals surface area contributed by atoms with Crippen molar-refractivity contribution in [3.63, 3.8) is 0 Å². The Balaban J connectivity index is 1.96. The SMILES string of the molecule is Cc1cc(C)c(C(=O)COC(=O)/C=C/c2ccc([N+](=O)[O-])cc2)c(C)c1. The van der Waals surface area contributed by atoms with Gasteiger partial charge in [0.05, 0.1) is 4.92 Å². The number of nitro benzene ring substituents is 1. The number of benzene rings is 2. The van der Waals surface area contributed by atoms with Crippen LogP contribution in [0.1, 0.15) is 32.6 Å². The molecule has 0 N–H and O–H groups in total. The maximum absolute atomic E-state index is 12.3. The molecule has 0 aliphatic carbocycles. The van der Waals surface area contributed by atoms with Crippen LogP contribution in [0.5, 0.6) is 0 Å². The normalized spacial score (nSPS) is 10.7. The van der Waals surface area contributed by atoms with E-state index in [9.17, 15) is 19.7 Å². The Hall–Kier alpha value is -3.28. The first-order valence-corrected chi connectivity index (χ1v) is 7.98. The molecule has 0 saturated heterocycles. The Labute approximate surface area is 151 Å². The number of rotatable bonds is 6. The van der Waals surface area contributed by atoms with Crippen molar-refractivity contribution in [2.75, 3.05) is 6.61 Å². The summed E-state index contributed by atoms with van der Waals surface area (Å²) in [7, 11) is 0. The minimum absolute atomic E-state index is 0.0286. The van der Waals surface area contributed by atoms with E-state index >= 15 is 0 Å². The van der Waals surface area contributed by atoms with E-state index in [4.69, 9.17) is 4.74 Å². The van der Waals surface area contributed by atoms with Crippen LogP contribution in [0.3, 0.4) is 0 Å². The van der Waals surface area contributed by atoms with Gasteiger partial charge in [0.25, 0.3) is 5.69 Å². The lowest BCUT2D eigenvalue weighted by molar-refractivity contribution is -0.384. The first-order valence-electron chi connectivity index (χ1n) is 7.98. The van der Waals surface area contributed by atoms with Gasteiger partial charge in [-0.15, -0.1) is 0 Å². The summed E-state index contributed by atoms with van der Waals surface area (Å²) >= 11 is 0. The second kappa shape index (κ2) is 8.20. The van der Waals surface area contributed by atoms with Crippen molar-refractivity contribution in [3.05, 3.63) is 80.4 Å². The van der Waals surface area contributed by atoms with Gasteiger partial charge < -0.3 is 4.74 Å². The van der Waals surface area contributed by atoms with Crippen LogP contribution >= 0.6 is 0 Å². The average Bonchev–Trinajstić information content (AvgIpc) is 2.57. The molecule has 0 bridgehead atoms. The van der Waals surface area contributed by atoms with Crippen LogP contribution in [0.4, 0.5) is 5.69 Å². The van der Waals surface area contributed by atoms with Gasteiger partial charge in [0.15, 0.2) is 6.61 Å². The fourth-order valence-corrected chi connectivity index (χ4v) is 2.75.